The molecular weight excluding hydrogens is 365 g/mol. The van der Waals surface area contributed by atoms with Crippen molar-refractivity contribution in [2.45, 2.75) is 56.5 Å². The van der Waals surface area contributed by atoms with Gasteiger partial charge in [0.2, 0.25) is 11.1 Å². The first-order valence-corrected chi connectivity index (χ1v) is 10.2. The third-order valence-corrected chi connectivity index (χ3v) is 6.49. The highest BCUT2D eigenvalue weighted by molar-refractivity contribution is 8.00. The van der Waals surface area contributed by atoms with E-state index in [2.05, 4.69) is 29.4 Å². The SMILES string of the molecule is C[C@@H]1[C@@H](C)CCC[C@H]1NC(=O)[C@@H](C)Sc1nnc(-c2cccc(F)c2)n1N. The van der Waals surface area contributed by atoms with Gasteiger partial charge in [0, 0.05) is 11.6 Å². The summed E-state index contributed by atoms with van der Waals surface area (Å²) in [4.78, 5) is 12.6. The van der Waals surface area contributed by atoms with Gasteiger partial charge in [-0.25, -0.2) is 9.07 Å². The molecule has 1 saturated carbocycles. The van der Waals surface area contributed by atoms with E-state index in [1.807, 2.05) is 6.92 Å². The van der Waals surface area contributed by atoms with E-state index in [-0.39, 0.29) is 23.0 Å². The Labute approximate surface area is 163 Å². The number of hydrogen-bond donors (Lipinski definition) is 2. The van der Waals surface area contributed by atoms with Crippen molar-refractivity contribution in [1.82, 2.24) is 20.2 Å². The second kappa shape index (κ2) is 8.29. The summed E-state index contributed by atoms with van der Waals surface area (Å²) in [6.07, 6.45) is 3.38. The van der Waals surface area contributed by atoms with Gasteiger partial charge in [-0.3, -0.25) is 4.79 Å². The summed E-state index contributed by atoms with van der Waals surface area (Å²) in [5.74, 6) is 7.13. The summed E-state index contributed by atoms with van der Waals surface area (Å²) >= 11 is 1.25. The van der Waals surface area contributed by atoms with Crippen molar-refractivity contribution < 1.29 is 9.18 Å². The molecule has 0 radical (unpaired) electrons. The number of nitrogen functional groups attached to an aromatic ring is 1. The van der Waals surface area contributed by atoms with Crippen LogP contribution < -0.4 is 11.2 Å². The van der Waals surface area contributed by atoms with E-state index in [9.17, 15) is 9.18 Å². The van der Waals surface area contributed by atoms with E-state index in [0.717, 1.165) is 12.8 Å². The molecule has 6 nitrogen and oxygen atoms in total. The zero-order valence-corrected chi connectivity index (χ0v) is 16.7. The number of nitrogens with one attached hydrogen (secondary N) is 1. The smallest absolute Gasteiger partial charge is 0.233 e. The number of carbonyl (C=O) groups excluding carboxylic acids is 1. The predicted octanol–water partition coefficient (Wildman–Crippen LogP) is 3.22. The number of amides is 1. The van der Waals surface area contributed by atoms with Crippen LogP contribution in [0.5, 0.6) is 0 Å². The van der Waals surface area contributed by atoms with Crippen molar-refractivity contribution in [3.8, 4) is 11.4 Å². The van der Waals surface area contributed by atoms with Gasteiger partial charge in [0.15, 0.2) is 5.82 Å². The van der Waals surface area contributed by atoms with E-state index >= 15 is 0 Å². The monoisotopic (exact) mass is 391 g/mol. The van der Waals surface area contributed by atoms with Gasteiger partial charge in [-0.1, -0.05) is 50.6 Å². The summed E-state index contributed by atoms with van der Waals surface area (Å²) < 4.78 is 14.7. The quantitative estimate of drug-likeness (QED) is 0.604. The number of benzene rings is 1. The molecule has 0 saturated heterocycles. The van der Waals surface area contributed by atoms with Crippen molar-refractivity contribution >= 4 is 17.7 Å². The van der Waals surface area contributed by atoms with Gasteiger partial charge in [0.05, 0.1) is 5.25 Å². The fourth-order valence-corrected chi connectivity index (χ4v) is 4.26. The molecule has 1 fully saturated rings. The van der Waals surface area contributed by atoms with Crippen molar-refractivity contribution in [1.29, 1.82) is 0 Å². The minimum Gasteiger partial charge on any atom is -0.352 e. The second-order valence-electron chi connectivity index (χ2n) is 7.33. The molecule has 1 aromatic heterocycles. The normalized spacial score (nSPS) is 23.8. The Kier molecular flexibility index (Phi) is 6.04. The van der Waals surface area contributed by atoms with Crippen molar-refractivity contribution in [2.75, 3.05) is 5.84 Å². The molecule has 1 aliphatic rings. The summed E-state index contributed by atoms with van der Waals surface area (Å²) in [6, 6.07) is 6.23. The van der Waals surface area contributed by atoms with Crippen molar-refractivity contribution in [2.24, 2.45) is 11.8 Å². The largest absolute Gasteiger partial charge is 0.352 e. The summed E-state index contributed by atoms with van der Waals surface area (Å²) in [5.41, 5.74) is 0.541. The van der Waals surface area contributed by atoms with Gasteiger partial charge in [-0.2, -0.15) is 0 Å². The molecule has 0 bridgehead atoms. The van der Waals surface area contributed by atoms with E-state index in [1.54, 1.807) is 12.1 Å². The van der Waals surface area contributed by atoms with Crippen LogP contribution in [0.25, 0.3) is 11.4 Å². The summed E-state index contributed by atoms with van der Waals surface area (Å²) in [6.45, 7) is 6.27. The summed E-state index contributed by atoms with van der Waals surface area (Å²) in [5, 5.41) is 11.3. The molecule has 3 N–H and O–H groups in total. The number of aromatic nitrogens is 3. The molecule has 4 atom stereocenters. The average molecular weight is 392 g/mol. The Hall–Kier alpha value is -2.09. The summed E-state index contributed by atoms with van der Waals surface area (Å²) in [7, 11) is 0. The second-order valence-corrected chi connectivity index (χ2v) is 8.64. The molecule has 8 heteroatoms. The number of carbonyl (C=O) groups is 1. The van der Waals surface area contributed by atoms with E-state index in [0.29, 0.717) is 28.4 Å². The number of nitrogens with zero attached hydrogens (tertiary/aromatic N) is 3. The zero-order chi connectivity index (χ0) is 19.6. The Bertz CT molecular complexity index is 811. The molecule has 1 amide bonds. The Morgan fingerprint density at radius 1 is 1.37 bits per heavy atom. The molecule has 27 heavy (non-hydrogen) atoms. The van der Waals surface area contributed by atoms with Gasteiger partial charge < -0.3 is 11.2 Å². The first-order valence-electron chi connectivity index (χ1n) is 9.30. The van der Waals surface area contributed by atoms with Crippen LogP contribution >= 0.6 is 11.8 Å². The average Bonchev–Trinajstić information content (AvgIpc) is 2.99. The van der Waals surface area contributed by atoms with Crippen LogP contribution in [0.15, 0.2) is 29.4 Å². The maximum atomic E-state index is 13.4. The third kappa shape index (κ3) is 4.43. The highest BCUT2D eigenvalue weighted by Crippen LogP contribution is 2.30. The molecule has 1 aromatic carbocycles. The predicted molar refractivity (Wildman–Crippen MR) is 105 cm³/mol. The lowest BCUT2D eigenvalue weighted by Crippen LogP contribution is -2.46. The fraction of sp³-hybridized carbons (Fsp3) is 0.526. The highest BCUT2D eigenvalue weighted by Gasteiger charge is 2.30. The molecule has 0 unspecified atom stereocenters. The van der Waals surface area contributed by atoms with Gasteiger partial charge in [0.25, 0.3) is 0 Å². The zero-order valence-electron chi connectivity index (χ0n) is 15.9. The van der Waals surface area contributed by atoms with Crippen molar-refractivity contribution in [3.63, 3.8) is 0 Å². The van der Waals surface area contributed by atoms with Crippen molar-refractivity contribution in [3.05, 3.63) is 30.1 Å². The van der Waals surface area contributed by atoms with E-state index in [1.165, 1.54) is 35.0 Å². The van der Waals surface area contributed by atoms with Crippen LogP contribution in [0.1, 0.15) is 40.0 Å². The molecular formula is C19H26FN5OS. The van der Waals surface area contributed by atoms with Gasteiger partial charge in [0.1, 0.15) is 5.82 Å². The minimum atomic E-state index is -0.367. The van der Waals surface area contributed by atoms with E-state index in [4.69, 9.17) is 5.84 Å². The standard InChI is InChI=1S/C19H26FN5OS/c1-11-6-4-9-16(12(11)2)22-18(26)13(3)27-19-24-23-17(25(19)21)14-7-5-8-15(20)10-14/h5,7-8,10-13,16H,4,6,9,21H2,1-3H3,(H,22,26)/t11-,12+,13+,16+/m0/s1. The third-order valence-electron chi connectivity index (χ3n) is 5.43. The molecule has 3 rings (SSSR count). The molecule has 1 heterocycles. The Morgan fingerprint density at radius 3 is 2.89 bits per heavy atom. The van der Waals surface area contributed by atoms with Gasteiger partial charge >= 0.3 is 0 Å². The molecule has 0 spiro atoms. The first-order chi connectivity index (χ1) is 12.9. The first kappa shape index (κ1) is 19.7. The Balaban J connectivity index is 1.65. The number of halogens is 1. The Morgan fingerprint density at radius 2 is 2.15 bits per heavy atom. The highest BCUT2D eigenvalue weighted by atomic mass is 32.2. The number of thioether (sulfide) groups is 1. The van der Waals surface area contributed by atoms with E-state index < -0.39 is 0 Å². The van der Waals surface area contributed by atoms with Crippen LogP contribution in [0, 0.1) is 17.7 Å². The number of hydrogen-bond acceptors (Lipinski definition) is 5. The lowest BCUT2D eigenvalue weighted by molar-refractivity contribution is -0.121. The van der Waals surface area contributed by atoms with Gasteiger partial charge in [-0.15, -0.1) is 10.2 Å². The lowest BCUT2D eigenvalue weighted by atomic mass is 9.78. The fourth-order valence-electron chi connectivity index (χ4n) is 3.48. The lowest BCUT2D eigenvalue weighted by Gasteiger charge is -2.35. The van der Waals surface area contributed by atoms with Crippen LogP contribution in [-0.4, -0.2) is 32.1 Å². The minimum absolute atomic E-state index is 0.0266. The molecule has 2 aromatic rings. The maximum Gasteiger partial charge on any atom is 0.233 e. The number of nitrogens with two attached hydrogens (primary N) is 1. The van der Waals surface area contributed by atoms with Crippen LogP contribution in [-0.2, 0) is 4.79 Å². The van der Waals surface area contributed by atoms with Gasteiger partial charge in [-0.05, 0) is 37.3 Å². The van der Waals surface area contributed by atoms with Crippen LogP contribution in [0.4, 0.5) is 4.39 Å². The molecule has 0 aliphatic heterocycles. The number of rotatable bonds is 5. The molecule has 1 aliphatic carbocycles. The van der Waals surface area contributed by atoms with Crippen LogP contribution in [0.3, 0.4) is 0 Å². The topological polar surface area (TPSA) is 85.8 Å². The maximum absolute atomic E-state index is 13.4. The molecule has 146 valence electrons. The van der Waals surface area contributed by atoms with Crippen LogP contribution in [0.2, 0.25) is 0 Å².